The Balaban J connectivity index is 2.41. The molecule has 0 saturated heterocycles. The van der Waals surface area contributed by atoms with Crippen LogP contribution in [0, 0.1) is 5.41 Å². The van der Waals surface area contributed by atoms with Crippen molar-refractivity contribution in [3.8, 4) is 0 Å². The van der Waals surface area contributed by atoms with E-state index in [-0.39, 0.29) is 24.1 Å². The van der Waals surface area contributed by atoms with Crippen LogP contribution in [0.15, 0.2) is 0 Å². The highest BCUT2D eigenvalue weighted by Gasteiger charge is 2.42. The van der Waals surface area contributed by atoms with Gasteiger partial charge in [0, 0.05) is 6.54 Å². The van der Waals surface area contributed by atoms with Crippen molar-refractivity contribution in [2.24, 2.45) is 16.9 Å². The summed E-state index contributed by atoms with van der Waals surface area (Å²) in [5, 5.41) is 2.76. The van der Waals surface area contributed by atoms with E-state index in [1.54, 1.807) is 0 Å². The van der Waals surface area contributed by atoms with E-state index in [1.807, 2.05) is 0 Å². The molecule has 108 valence electrons. The Morgan fingerprint density at radius 1 is 1.21 bits per heavy atom. The van der Waals surface area contributed by atoms with E-state index in [0.717, 1.165) is 19.3 Å². The molecule has 1 rings (SSSR count). The third-order valence-corrected chi connectivity index (χ3v) is 3.78. The molecule has 0 aromatic heterocycles. The molecule has 2 amide bonds. The van der Waals surface area contributed by atoms with Gasteiger partial charge in [0.1, 0.15) is 6.61 Å². The molecule has 0 atom stereocenters. The molecular formula is C12H21N3O3S. The largest absolute Gasteiger partial charge is 0.392 e. The first-order valence-corrected chi connectivity index (χ1v) is 6.84. The van der Waals surface area contributed by atoms with Crippen molar-refractivity contribution in [2.45, 2.75) is 32.1 Å². The number of carbonyl (C=O) groups is 2. The van der Waals surface area contributed by atoms with Crippen LogP contribution in [0.3, 0.4) is 0 Å². The Kier molecular flexibility index (Phi) is 6.17. The lowest BCUT2D eigenvalue weighted by Gasteiger charge is -2.34. The summed E-state index contributed by atoms with van der Waals surface area (Å²) in [6.45, 7) is 0.412. The van der Waals surface area contributed by atoms with Gasteiger partial charge in [0.05, 0.1) is 17.0 Å². The normalized spacial score (nSPS) is 17.7. The minimum absolute atomic E-state index is 0.137. The Bertz CT molecular complexity index is 354. The minimum Gasteiger partial charge on any atom is -0.392 e. The molecule has 1 saturated carbocycles. The number of ether oxygens (including phenoxy) is 1. The summed E-state index contributed by atoms with van der Waals surface area (Å²) in [6, 6.07) is 0. The van der Waals surface area contributed by atoms with Crippen LogP contribution in [0.25, 0.3) is 0 Å². The summed E-state index contributed by atoms with van der Waals surface area (Å²) in [4.78, 5) is 23.0. The molecule has 1 fully saturated rings. The van der Waals surface area contributed by atoms with E-state index in [0.29, 0.717) is 19.4 Å². The molecule has 0 bridgehead atoms. The fourth-order valence-electron chi connectivity index (χ4n) is 2.32. The second-order valence-corrected chi connectivity index (χ2v) is 5.22. The van der Waals surface area contributed by atoms with Crippen molar-refractivity contribution < 1.29 is 14.3 Å². The Morgan fingerprint density at radius 3 is 2.37 bits per heavy atom. The van der Waals surface area contributed by atoms with Crippen LogP contribution in [0.2, 0.25) is 0 Å². The van der Waals surface area contributed by atoms with Gasteiger partial charge in [0.15, 0.2) is 0 Å². The molecule has 0 unspecified atom stereocenters. The highest BCUT2D eigenvalue weighted by molar-refractivity contribution is 7.80. The SMILES string of the molecule is NC(=O)COCCNC(=O)C1(C(N)=S)CCCCC1. The van der Waals surface area contributed by atoms with Gasteiger partial charge in [-0.25, -0.2) is 0 Å². The van der Waals surface area contributed by atoms with Crippen molar-refractivity contribution in [1.82, 2.24) is 5.32 Å². The lowest BCUT2D eigenvalue weighted by molar-refractivity contribution is -0.129. The van der Waals surface area contributed by atoms with E-state index < -0.39 is 11.3 Å². The van der Waals surface area contributed by atoms with E-state index >= 15 is 0 Å². The third-order valence-electron chi connectivity index (χ3n) is 3.39. The molecule has 0 aliphatic heterocycles. The average molecular weight is 287 g/mol. The number of primary amides is 1. The van der Waals surface area contributed by atoms with Crippen molar-refractivity contribution in [3.05, 3.63) is 0 Å². The van der Waals surface area contributed by atoms with Crippen molar-refractivity contribution in [3.63, 3.8) is 0 Å². The van der Waals surface area contributed by atoms with Crippen LogP contribution in [-0.4, -0.2) is 36.6 Å². The van der Waals surface area contributed by atoms with Crippen molar-refractivity contribution >= 4 is 29.0 Å². The first-order chi connectivity index (χ1) is 8.99. The lowest BCUT2D eigenvalue weighted by atomic mass is 9.73. The van der Waals surface area contributed by atoms with E-state index in [1.165, 1.54) is 0 Å². The van der Waals surface area contributed by atoms with Crippen LogP contribution in [0.5, 0.6) is 0 Å². The number of nitrogens with two attached hydrogens (primary N) is 2. The summed E-state index contributed by atoms with van der Waals surface area (Å²) in [5.41, 5.74) is 9.97. The van der Waals surface area contributed by atoms with Gasteiger partial charge in [-0.15, -0.1) is 0 Å². The van der Waals surface area contributed by atoms with Gasteiger partial charge in [-0.3, -0.25) is 9.59 Å². The molecule has 0 aromatic carbocycles. The van der Waals surface area contributed by atoms with Crippen LogP contribution >= 0.6 is 12.2 Å². The van der Waals surface area contributed by atoms with Crippen LogP contribution in [-0.2, 0) is 14.3 Å². The van der Waals surface area contributed by atoms with E-state index in [9.17, 15) is 9.59 Å². The zero-order valence-electron chi connectivity index (χ0n) is 10.9. The van der Waals surface area contributed by atoms with Crippen LogP contribution < -0.4 is 16.8 Å². The molecular weight excluding hydrogens is 266 g/mol. The monoisotopic (exact) mass is 287 g/mol. The van der Waals surface area contributed by atoms with Crippen LogP contribution in [0.4, 0.5) is 0 Å². The highest BCUT2D eigenvalue weighted by Crippen LogP contribution is 2.36. The number of hydrogen-bond donors (Lipinski definition) is 3. The molecule has 5 N–H and O–H groups in total. The maximum Gasteiger partial charge on any atom is 0.243 e. The smallest absolute Gasteiger partial charge is 0.243 e. The standard InChI is InChI=1S/C12H21N3O3S/c13-9(16)8-18-7-6-15-11(17)12(10(14)19)4-2-1-3-5-12/h1-8H2,(H2,13,16)(H2,14,19)(H,15,17). The van der Waals surface area contributed by atoms with Crippen molar-refractivity contribution in [1.29, 1.82) is 0 Å². The first kappa shape index (κ1) is 15.8. The quantitative estimate of drug-likeness (QED) is 0.445. The molecule has 0 aromatic rings. The second-order valence-electron chi connectivity index (χ2n) is 4.78. The Morgan fingerprint density at radius 2 is 1.84 bits per heavy atom. The first-order valence-electron chi connectivity index (χ1n) is 6.43. The molecule has 7 heteroatoms. The Hall–Kier alpha value is -1.21. The summed E-state index contributed by atoms with van der Waals surface area (Å²) in [6.07, 6.45) is 4.44. The highest BCUT2D eigenvalue weighted by atomic mass is 32.1. The maximum absolute atomic E-state index is 12.2. The van der Waals surface area contributed by atoms with Gasteiger partial charge in [0.2, 0.25) is 11.8 Å². The molecule has 6 nitrogen and oxygen atoms in total. The molecule has 19 heavy (non-hydrogen) atoms. The summed E-state index contributed by atoms with van der Waals surface area (Å²) in [5.74, 6) is -0.666. The zero-order valence-corrected chi connectivity index (χ0v) is 11.8. The number of hydrogen-bond acceptors (Lipinski definition) is 4. The predicted octanol–water partition coefficient (Wildman–Crippen LogP) is -0.159. The van der Waals surface area contributed by atoms with E-state index in [4.69, 9.17) is 28.4 Å². The maximum atomic E-state index is 12.2. The third kappa shape index (κ3) is 4.43. The minimum atomic E-state index is -0.711. The summed E-state index contributed by atoms with van der Waals surface area (Å²) < 4.78 is 4.97. The molecule has 0 radical (unpaired) electrons. The molecule has 1 aliphatic rings. The topological polar surface area (TPSA) is 107 Å². The van der Waals surface area contributed by atoms with Crippen molar-refractivity contribution in [2.75, 3.05) is 19.8 Å². The predicted molar refractivity (Wildman–Crippen MR) is 75.3 cm³/mol. The van der Waals surface area contributed by atoms with Gasteiger partial charge >= 0.3 is 0 Å². The lowest BCUT2D eigenvalue weighted by Crippen LogP contribution is -2.50. The van der Waals surface area contributed by atoms with Gasteiger partial charge in [0.25, 0.3) is 0 Å². The zero-order chi connectivity index (χ0) is 14.3. The van der Waals surface area contributed by atoms with Gasteiger partial charge in [-0.2, -0.15) is 0 Å². The fourth-order valence-corrected chi connectivity index (χ4v) is 2.62. The van der Waals surface area contributed by atoms with E-state index in [2.05, 4.69) is 5.32 Å². The van der Waals surface area contributed by atoms with Crippen LogP contribution in [0.1, 0.15) is 32.1 Å². The van der Waals surface area contributed by atoms with Gasteiger partial charge in [-0.05, 0) is 12.8 Å². The number of amides is 2. The number of nitrogens with one attached hydrogen (secondary N) is 1. The van der Waals surface area contributed by atoms with Gasteiger partial charge < -0.3 is 21.5 Å². The summed E-state index contributed by atoms with van der Waals surface area (Å²) >= 11 is 5.06. The molecule has 0 heterocycles. The fraction of sp³-hybridized carbons (Fsp3) is 0.750. The average Bonchev–Trinajstić information content (AvgIpc) is 2.38. The number of carbonyl (C=O) groups excluding carboxylic acids is 2. The summed E-state index contributed by atoms with van der Waals surface area (Å²) in [7, 11) is 0. The number of thiocarbonyl (C=S) groups is 1. The molecule has 0 spiro atoms. The number of rotatable bonds is 7. The second kappa shape index (κ2) is 7.40. The van der Waals surface area contributed by atoms with Gasteiger partial charge in [-0.1, -0.05) is 31.5 Å². The Labute approximate surface area is 118 Å². The molecule has 1 aliphatic carbocycles.